The Labute approximate surface area is 82.9 Å². The van der Waals surface area contributed by atoms with E-state index in [1.807, 2.05) is 6.92 Å². The number of carboxylic acids is 1. The van der Waals surface area contributed by atoms with Gasteiger partial charge in [0.1, 0.15) is 6.04 Å². The molecule has 1 rings (SSSR count). The monoisotopic (exact) mass is 200 g/mol. The summed E-state index contributed by atoms with van der Waals surface area (Å²) in [6.45, 7) is 3.21. The molecule has 0 bridgehead atoms. The van der Waals surface area contributed by atoms with E-state index in [-0.39, 0.29) is 11.8 Å². The number of aliphatic carboxylic acids is 1. The average molecular weight is 200 g/mol. The number of carbonyl (C=O) groups is 2. The minimum Gasteiger partial charge on any atom is -0.480 e. The van der Waals surface area contributed by atoms with E-state index in [0.29, 0.717) is 19.5 Å². The zero-order valence-electron chi connectivity index (χ0n) is 8.25. The third kappa shape index (κ3) is 2.70. The van der Waals surface area contributed by atoms with Gasteiger partial charge in [0.2, 0.25) is 5.91 Å². The predicted molar refractivity (Wildman–Crippen MR) is 50.8 cm³/mol. The smallest absolute Gasteiger partial charge is 0.326 e. The van der Waals surface area contributed by atoms with Crippen LogP contribution in [0.4, 0.5) is 0 Å². The maximum Gasteiger partial charge on any atom is 0.326 e. The summed E-state index contributed by atoms with van der Waals surface area (Å²) in [4.78, 5) is 22.1. The van der Waals surface area contributed by atoms with Crippen molar-refractivity contribution in [1.82, 2.24) is 10.6 Å². The van der Waals surface area contributed by atoms with Crippen LogP contribution in [0.15, 0.2) is 0 Å². The van der Waals surface area contributed by atoms with Gasteiger partial charge in [0.15, 0.2) is 0 Å². The molecule has 1 aliphatic heterocycles. The first-order valence-corrected chi connectivity index (χ1v) is 4.89. The van der Waals surface area contributed by atoms with Crippen LogP contribution in [0.3, 0.4) is 0 Å². The van der Waals surface area contributed by atoms with Crippen molar-refractivity contribution in [3.63, 3.8) is 0 Å². The molecule has 0 unspecified atom stereocenters. The van der Waals surface area contributed by atoms with Crippen LogP contribution in [0.5, 0.6) is 0 Å². The highest BCUT2D eigenvalue weighted by Crippen LogP contribution is 2.04. The molecule has 0 saturated carbocycles. The first-order chi connectivity index (χ1) is 6.65. The summed E-state index contributed by atoms with van der Waals surface area (Å²) < 4.78 is 0. The van der Waals surface area contributed by atoms with Gasteiger partial charge in [0.05, 0.1) is 5.92 Å². The molecule has 1 fully saturated rings. The summed E-state index contributed by atoms with van der Waals surface area (Å²) in [5.41, 5.74) is 0. The Bertz CT molecular complexity index is 226. The van der Waals surface area contributed by atoms with E-state index >= 15 is 0 Å². The fourth-order valence-corrected chi connectivity index (χ4v) is 1.31. The molecule has 0 aliphatic carbocycles. The average Bonchev–Trinajstić information content (AvgIpc) is 1.99. The number of hydrogen-bond acceptors (Lipinski definition) is 3. The van der Waals surface area contributed by atoms with Crippen LogP contribution in [0.25, 0.3) is 0 Å². The van der Waals surface area contributed by atoms with Crippen molar-refractivity contribution in [3.8, 4) is 0 Å². The van der Waals surface area contributed by atoms with Crippen LogP contribution >= 0.6 is 0 Å². The number of rotatable bonds is 5. The highest BCUT2D eigenvalue weighted by Gasteiger charge is 2.28. The highest BCUT2D eigenvalue weighted by molar-refractivity contribution is 5.85. The van der Waals surface area contributed by atoms with Crippen molar-refractivity contribution in [2.45, 2.75) is 25.8 Å². The molecule has 0 radical (unpaired) electrons. The fraction of sp³-hybridized carbons (Fsp3) is 0.778. The van der Waals surface area contributed by atoms with Crippen molar-refractivity contribution in [2.75, 3.05) is 13.1 Å². The molecular formula is C9H16N2O3. The Morgan fingerprint density at radius 3 is 2.57 bits per heavy atom. The molecule has 80 valence electrons. The van der Waals surface area contributed by atoms with Gasteiger partial charge in [0.25, 0.3) is 0 Å². The molecule has 5 heteroatoms. The lowest BCUT2D eigenvalue weighted by Gasteiger charge is -2.27. The number of nitrogens with one attached hydrogen (secondary N) is 2. The van der Waals surface area contributed by atoms with E-state index in [1.54, 1.807) is 0 Å². The SMILES string of the molecule is CCC[C@H](NC(=O)C1CNC1)C(=O)O. The van der Waals surface area contributed by atoms with Gasteiger partial charge in [-0.1, -0.05) is 13.3 Å². The topological polar surface area (TPSA) is 78.4 Å². The molecule has 0 aromatic heterocycles. The Morgan fingerprint density at radius 2 is 2.21 bits per heavy atom. The van der Waals surface area contributed by atoms with E-state index in [2.05, 4.69) is 10.6 Å². The molecule has 1 heterocycles. The van der Waals surface area contributed by atoms with E-state index in [4.69, 9.17) is 5.11 Å². The molecule has 1 saturated heterocycles. The number of carboxylic acid groups (broad SMARTS) is 1. The summed E-state index contributed by atoms with van der Waals surface area (Å²) in [6, 6.07) is -0.729. The first kappa shape index (κ1) is 11.0. The Morgan fingerprint density at radius 1 is 1.57 bits per heavy atom. The van der Waals surface area contributed by atoms with Crippen molar-refractivity contribution in [3.05, 3.63) is 0 Å². The van der Waals surface area contributed by atoms with E-state index in [1.165, 1.54) is 0 Å². The maximum atomic E-state index is 11.4. The lowest BCUT2D eigenvalue weighted by molar-refractivity contribution is -0.143. The molecule has 1 aliphatic rings. The summed E-state index contributed by atoms with van der Waals surface area (Å²) in [5, 5.41) is 14.3. The minimum absolute atomic E-state index is 0.0475. The van der Waals surface area contributed by atoms with Gasteiger partial charge in [-0.15, -0.1) is 0 Å². The second-order valence-electron chi connectivity index (χ2n) is 3.54. The van der Waals surface area contributed by atoms with Crippen molar-refractivity contribution in [1.29, 1.82) is 0 Å². The first-order valence-electron chi connectivity index (χ1n) is 4.89. The van der Waals surface area contributed by atoms with Gasteiger partial charge in [-0.25, -0.2) is 4.79 Å². The number of carbonyl (C=O) groups excluding carboxylic acids is 1. The number of hydrogen-bond donors (Lipinski definition) is 3. The van der Waals surface area contributed by atoms with Gasteiger partial charge in [-0.3, -0.25) is 4.79 Å². The second-order valence-corrected chi connectivity index (χ2v) is 3.54. The highest BCUT2D eigenvalue weighted by atomic mass is 16.4. The van der Waals surface area contributed by atoms with Crippen LogP contribution in [0, 0.1) is 5.92 Å². The van der Waals surface area contributed by atoms with Crippen molar-refractivity contribution < 1.29 is 14.7 Å². The van der Waals surface area contributed by atoms with Gasteiger partial charge in [-0.2, -0.15) is 0 Å². The molecule has 14 heavy (non-hydrogen) atoms. The molecule has 1 amide bonds. The normalized spacial score (nSPS) is 18.4. The van der Waals surface area contributed by atoms with Crippen molar-refractivity contribution in [2.24, 2.45) is 5.92 Å². The van der Waals surface area contributed by atoms with Crippen molar-refractivity contribution >= 4 is 11.9 Å². The lowest BCUT2D eigenvalue weighted by atomic mass is 10.0. The fourth-order valence-electron chi connectivity index (χ4n) is 1.31. The third-order valence-electron chi connectivity index (χ3n) is 2.34. The largest absolute Gasteiger partial charge is 0.480 e. The quantitative estimate of drug-likeness (QED) is 0.563. The van der Waals surface area contributed by atoms with Crippen LogP contribution in [0.2, 0.25) is 0 Å². The molecule has 1 atom stereocenters. The standard InChI is InChI=1S/C9H16N2O3/c1-2-3-7(9(13)14)11-8(12)6-4-10-5-6/h6-7,10H,2-5H2,1H3,(H,11,12)(H,13,14)/t7-/m0/s1. The van der Waals surface area contributed by atoms with Crippen LogP contribution < -0.4 is 10.6 Å². The third-order valence-corrected chi connectivity index (χ3v) is 2.34. The lowest BCUT2D eigenvalue weighted by Crippen LogP contribution is -2.54. The number of amides is 1. The molecular weight excluding hydrogens is 184 g/mol. The summed E-state index contributed by atoms with van der Waals surface area (Å²) in [7, 11) is 0. The predicted octanol–water partition coefficient (Wildman–Crippen LogP) is -0.425. The molecule has 0 aromatic carbocycles. The molecule has 0 aromatic rings. The molecule has 5 nitrogen and oxygen atoms in total. The van der Waals surface area contributed by atoms with Crippen LogP contribution in [-0.2, 0) is 9.59 Å². The van der Waals surface area contributed by atoms with Gasteiger partial charge in [0, 0.05) is 13.1 Å². The maximum absolute atomic E-state index is 11.4. The van der Waals surface area contributed by atoms with Gasteiger partial charge < -0.3 is 15.7 Å². The second kappa shape index (κ2) is 4.95. The zero-order valence-corrected chi connectivity index (χ0v) is 8.25. The Hall–Kier alpha value is -1.10. The summed E-state index contributed by atoms with van der Waals surface area (Å²) in [5.74, 6) is -1.15. The van der Waals surface area contributed by atoms with E-state index < -0.39 is 12.0 Å². The summed E-state index contributed by atoms with van der Waals surface area (Å²) >= 11 is 0. The van der Waals surface area contributed by atoms with E-state index in [9.17, 15) is 9.59 Å². The van der Waals surface area contributed by atoms with Crippen LogP contribution in [0.1, 0.15) is 19.8 Å². The van der Waals surface area contributed by atoms with Crippen LogP contribution in [-0.4, -0.2) is 36.1 Å². The van der Waals surface area contributed by atoms with Gasteiger partial charge in [-0.05, 0) is 6.42 Å². The van der Waals surface area contributed by atoms with Gasteiger partial charge >= 0.3 is 5.97 Å². The molecule has 0 spiro atoms. The summed E-state index contributed by atoms with van der Waals surface area (Å²) in [6.07, 6.45) is 1.24. The Kier molecular flexibility index (Phi) is 3.88. The zero-order chi connectivity index (χ0) is 10.6. The Balaban J connectivity index is 2.37. The van der Waals surface area contributed by atoms with E-state index in [0.717, 1.165) is 6.42 Å². The molecule has 3 N–H and O–H groups in total. The minimum atomic E-state index is -0.951.